The molecule has 2 unspecified atom stereocenters. The first kappa shape index (κ1) is 21.5. The molecule has 0 aromatic carbocycles. The molecule has 0 saturated carbocycles. The summed E-state index contributed by atoms with van der Waals surface area (Å²) in [5, 5.41) is 8.92. The number of aliphatic carboxylic acids is 1. The van der Waals surface area contributed by atoms with Crippen molar-refractivity contribution in [3.05, 3.63) is 0 Å². The largest absolute Gasteiger partial charge is 0.480 e. The summed E-state index contributed by atoms with van der Waals surface area (Å²) in [5.41, 5.74) is 11.7. The number of rotatable bonds is 12. The van der Waals surface area contributed by atoms with Gasteiger partial charge in [-0.2, -0.15) is 0 Å². The molecule has 23 heavy (non-hydrogen) atoms. The summed E-state index contributed by atoms with van der Waals surface area (Å²) in [7, 11) is 0. The predicted molar refractivity (Wildman–Crippen MR) is 88.6 cm³/mol. The van der Waals surface area contributed by atoms with Crippen molar-refractivity contribution in [2.75, 3.05) is 6.54 Å². The van der Waals surface area contributed by atoms with Crippen LogP contribution >= 0.6 is 0 Å². The number of hydrogen-bond acceptors (Lipinski definition) is 5. The van der Waals surface area contributed by atoms with Crippen LogP contribution in [0.3, 0.4) is 0 Å². The first-order valence-electron chi connectivity index (χ1n) is 8.37. The molecule has 0 bridgehead atoms. The summed E-state index contributed by atoms with van der Waals surface area (Å²) in [6.45, 7) is 3.38. The van der Waals surface area contributed by atoms with Gasteiger partial charge in [0.2, 0.25) is 11.8 Å². The van der Waals surface area contributed by atoms with Crippen molar-refractivity contribution in [1.29, 1.82) is 0 Å². The van der Waals surface area contributed by atoms with E-state index in [0.717, 1.165) is 30.6 Å². The van der Waals surface area contributed by atoms with Gasteiger partial charge >= 0.3 is 5.97 Å². The van der Waals surface area contributed by atoms with Gasteiger partial charge in [0.05, 0.1) is 0 Å². The third-order valence-corrected chi connectivity index (χ3v) is 3.61. The minimum Gasteiger partial charge on any atom is -0.480 e. The van der Waals surface area contributed by atoms with Gasteiger partial charge in [-0.25, -0.2) is 0 Å². The predicted octanol–water partition coefficient (Wildman–Crippen LogP) is 1.24. The standard InChI is InChI=1S/C16H31N3O4/c1-3-5-6-8-13(18)10-15(21)19(11-16(22)23)14(20)9-12(17)7-4-2/h12-13H,3-11,17-18H2,1-2H3,(H,22,23). The first-order chi connectivity index (χ1) is 10.8. The lowest BCUT2D eigenvalue weighted by Crippen LogP contribution is -2.44. The number of carbonyl (C=O) groups is 3. The van der Waals surface area contributed by atoms with Crippen molar-refractivity contribution in [3.63, 3.8) is 0 Å². The van der Waals surface area contributed by atoms with Gasteiger partial charge in [-0.05, 0) is 12.8 Å². The second-order valence-electron chi connectivity index (χ2n) is 5.98. The van der Waals surface area contributed by atoms with Crippen molar-refractivity contribution in [2.45, 2.75) is 77.3 Å². The second kappa shape index (κ2) is 12.0. The van der Waals surface area contributed by atoms with Crippen molar-refractivity contribution in [3.8, 4) is 0 Å². The fraction of sp³-hybridized carbons (Fsp3) is 0.812. The monoisotopic (exact) mass is 329 g/mol. The Hall–Kier alpha value is -1.47. The van der Waals surface area contributed by atoms with Gasteiger partial charge in [-0.3, -0.25) is 19.3 Å². The van der Waals surface area contributed by atoms with E-state index in [4.69, 9.17) is 16.6 Å². The molecule has 0 aromatic rings. The van der Waals surface area contributed by atoms with Crippen LogP contribution in [0.25, 0.3) is 0 Å². The van der Waals surface area contributed by atoms with E-state index in [1.54, 1.807) is 0 Å². The number of hydrogen-bond donors (Lipinski definition) is 3. The van der Waals surface area contributed by atoms with Gasteiger partial charge in [0, 0.05) is 24.9 Å². The highest BCUT2D eigenvalue weighted by Crippen LogP contribution is 2.09. The molecule has 2 atom stereocenters. The minimum atomic E-state index is -1.23. The molecular weight excluding hydrogens is 298 g/mol. The number of unbranched alkanes of at least 4 members (excludes halogenated alkanes) is 2. The Morgan fingerprint density at radius 1 is 0.913 bits per heavy atom. The summed E-state index contributed by atoms with van der Waals surface area (Å²) < 4.78 is 0. The number of nitrogens with two attached hydrogens (primary N) is 2. The summed E-state index contributed by atoms with van der Waals surface area (Å²) in [6.07, 6.45) is 5.11. The molecule has 0 fully saturated rings. The molecule has 0 rings (SSSR count). The quantitative estimate of drug-likeness (QED) is 0.462. The molecule has 134 valence electrons. The molecule has 7 nitrogen and oxygen atoms in total. The number of nitrogens with zero attached hydrogens (tertiary/aromatic N) is 1. The van der Waals surface area contributed by atoms with E-state index >= 15 is 0 Å². The van der Waals surface area contributed by atoms with Crippen LogP contribution < -0.4 is 11.5 Å². The third-order valence-electron chi connectivity index (χ3n) is 3.61. The Morgan fingerprint density at radius 2 is 1.43 bits per heavy atom. The van der Waals surface area contributed by atoms with Gasteiger partial charge < -0.3 is 16.6 Å². The maximum atomic E-state index is 12.2. The van der Waals surface area contributed by atoms with Crippen LogP contribution in [0.5, 0.6) is 0 Å². The SMILES string of the molecule is CCCCCC(N)CC(=O)N(CC(=O)O)C(=O)CC(N)CCC. The van der Waals surface area contributed by atoms with E-state index < -0.39 is 24.3 Å². The summed E-state index contributed by atoms with van der Waals surface area (Å²) in [4.78, 5) is 36.1. The van der Waals surface area contributed by atoms with E-state index in [1.807, 2.05) is 6.92 Å². The average molecular weight is 329 g/mol. The van der Waals surface area contributed by atoms with Gasteiger partial charge in [0.1, 0.15) is 6.54 Å². The van der Waals surface area contributed by atoms with E-state index in [9.17, 15) is 14.4 Å². The molecule has 0 aliphatic carbocycles. The van der Waals surface area contributed by atoms with Crippen LogP contribution in [0.2, 0.25) is 0 Å². The smallest absolute Gasteiger partial charge is 0.323 e. The first-order valence-corrected chi connectivity index (χ1v) is 8.37. The van der Waals surface area contributed by atoms with E-state index in [0.29, 0.717) is 12.8 Å². The van der Waals surface area contributed by atoms with Crippen LogP contribution in [-0.2, 0) is 14.4 Å². The molecule has 0 aliphatic rings. The van der Waals surface area contributed by atoms with E-state index in [2.05, 4.69) is 6.92 Å². The Labute approximate surface area is 138 Å². The normalized spacial score (nSPS) is 13.4. The zero-order valence-corrected chi connectivity index (χ0v) is 14.3. The summed E-state index contributed by atoms with van der Waals surface area (Å²) in [6, 6.07) is -0.725. The van der Waals surface area contributed by atoms with Gasteiger partial charge in [0.15, 0.2) is 0 Å². The lowest BCUT2D eigenvalue weighted by molar-refractivity contribution is -0.153. The van der Waals surface area contributed by atoms with Crippen molar-refractivity contribution >= 4 is 17.8 Å². The van der Waals surface area contributed by atoms with Crippen LogP contribution in [0.15, 0.2) is 0 Å². The Balaban J connectivity index is 4.65. The summed E-state index contributed by atoms with van der Waals surface area (Å²) >= 11 is 0. The summed E-state index contributed by atoms with van der Waals surface area (Å²) in [5.74, 6) is -2.31. The molecule has 2 amide bonds. The Bertz CT molecular complexity index is 388. The number of amides is 2. The molecule has 0 spiro atoms. The maximum absolute atomic E-state index is 12.2. The molecule has 0 aliphatic heterocycles. The number of carbonyl (C=O) groups excluding carboxylic acids is 2. The van der Waals surface area contributed by atoms with Crippen molar-refractivity contribution in [1.82, 2.24) is 4.90 Å². The van der Waals surface area contributed by atoms with Crippen molar-refractivity contribution < 1.29 is 19.5 Å². The zero-order chi connectivity index (χ0) is 17.8. The van der Waals surface area contributed by atoms with Gasteiger partial charge in [0.25, 0.3) is 0 Å². The lowest BCUT2D eigenvalue weighted by atomic mass is 10.0. The van der Waals surface area contributed by atoms with Gasteiger partial charge in [-0.1, -0.05) is 39.5 Å². The molecule has 0 radical (unpaired) electrons. The fourth-order valence-electron chi connectivity index (χ4n) is 2.35. The molecule has 0 heterocycles. The number of carboxylic acids is 1. The highest BCUT2D eigenvalue weighted by molar-refractivity contribution is 5.98. The average Bonchev–Trinajstić information content (AvgIpc) is 2.44. The Morgan fingerprint density at radius 3 is 1.87 bits per heavy atom. The minimum absolute atomic E-state index is 0.0221. The number of carboxylic acid groups (broad SMARTS) is 1. The van der Waals surface area contributed by atoms with E-state index in [1.165, 1.54) is 0 Å². The van der Waals surface area contributed by atoms with Crippen LogP contribution in [-0.4, -0.2) is 46.4 Å². The molecule has 7 heteroatoms. The third kappa shape index (κ3) is 10.0. The maximum Gasteiger partial charge on any atom is 0.323 e. The zero-order valence-electron chi connectivity index (χ0n) is 14.3. The topological polar surface area (TPSA) is 127 Å². The van der Waals surface area contributed by atoms with E-state index in [-0.39, 0.29) is 24.9 Å². The highest BCUT2D eigenvalue weighted by Gasteiger charge is 2.26. The fourth-order valence-corrected chi connectivity index (χ4v) is 2.35. The van der Waals surface area contributed by atoms with Gasteiger partial charge in [-0.15, -0.1) is 0 Å². The highest BCUT2D eigenvalue weighted by atomic mass is 16.4. The molecule has 0 saturated heterocycles. The van der Waals surface area contributed by atoms with Crippen LogP contribution in [0, 0.1) is 0 Å². The molecule has 5 N–H and O–H groups in total. The molecule has 0 aromatic heterocycles. The Kier molecular flexibility index (Phi) is 11.2. The number of imide groups is 1. The van der Waals surface area contributed by atoms with Crippen LogP contribution in [0.1, 0.15) is 65.2 Å². The van der Waals surface area contributed by atoms with Crippen LogP contribution in [0.4, 0.5) is 0 Å². The second-order valence-corrected chi connectivity index (χ2v) is 5.98. The molecular formula is C16H31N3O4. The lowest BCUT2D eigenvalue weighted by Gasteiger charge is -2.22. The van der Waals surface area contributed by atoms with Crippen molar-refractivity contribution in [2.24, 2.45) is 11.5 Å².